The van der Waals surface area contributed by atoms with Gasteiger partial charge in [-0.2, -0.15) is 0 Å². The van der Waals surface area contributed by atoms with Crippen LogP contribution in [0.1, 0.15) is 15.9 Å². The third-order valence-electron chi connectivity index (χ3n) is 2.70. The van der Waals surface area contributed by atoms with Crippen molar-refractivity contribution in [2.75, 3.05) is 11.1 Å². The molecule has 5 heteroatoms. The van der Waals surface area contributed by atoms with Crippen molar-refractivity contribution in [1.82, 2.24) is 0 Å². The van der Waals surface area contributed by atoms with Crippen LogP contribution in [0.4, 0.5) is 11.4 Å². The van der Waals surface area contributed by atoms with Crippen molar-refractivity contribution in [3.8, 4) is 0 Å². The summed E-state index contributed by atoms with van der Waals surface area (Å²) in [5.41, 5.74) is 8.35. The second-order valence-electron chi connectivity index (χ2n) is 4.12. The third kappa shape index (κ3) is 3.08. The second-order valence-corrected chi connectivity index (χ2v) is 5.35. The average Bonchev–Trinajstić information content (AvgIpc) is 2.36. The fourth-order valence-electron chi connectivity index (χ4n) is 1.66. The lowest BCUT2D eigenvalue weighted by atomic mass is 10.1. The quantitative estimate of drug-likeness (QED) is 0.804. The predicted octanol–water partition coefficient (Wildman–Crippen LogP) is 4.25. The minimum absolute atomic E-state index is 0.218. The van der Waals surface area contributed by atoms with E-state index in [9.17, 15) is 4.79 Å². The summed E-state index contributed by atoms with van der Waals surface area (Å²) in [4.78, 5) is 12.2. The Hall–Kier alpha value is -1.52. The molecule has 2 aromatic rings. The number of hydrogen-bond donors (Lipinski definition) is 2. The summed E-state index contributed by atoms with van der Waals surface area (Å²) in [6, 6.07) is 10.5. The van der Waals surface area contributed by atoms with E-state index in [4.69, 9.17) is 17.3 Å². The first kappa shape index (κ1) is 13.9. The highest BCUT2D eigenvalue weighted by Gasteiger charge is 2.12. The number of nitrogens with one attached hydrogen (secondary N) is 1. The lowest BCUT2D eigenvalue weighted by Crippen LogP contribution is -2.14. The normalized spacial score (nSPS) is 10.3. The van der Waals surface area contributed by atoms with Gasteiger partial charge in [0.1, 0.15) is 0 Å². The molecule has 0 spiro atoms. The van der Waals surface area contributed by atoms with Gasteiger partial charge in [0.05, 0.1) is 16.9 Å². The van der Waals surface area contributed by atoms with E-state index in [1.807, 2.05) is 19.1 Å². The van der Waals surface area contributed by atoms with Gasteiger partial charge in [0, 0.05) is 9.50 Å². The molecule has 0 aliphatic carbocycles. The molecule has 0 aliphatic heterocycles. The average molecular weight is 340 g/mol. The van der Waals surface area contributed by atoms with Gasteiger partial charge in [-0.05, 0) is 52.7 Å². The van der Waals surface area contributed by atoms with Gasteiger partial charge in [-0.15, -0.1) is 0 Å². The molecule has 0 heterocycles. The van der Waals surface area contributed by atoms with Gasteiger partial charge >= 0.3 is 0 Å². The molecule has 98 valence electrons. The molecule has 3 nitrogen and oxygen atoms in total. The Morgan fingerprint density at radius 1 is 1.32 bits per heavy atom. The molecule has 2 aromatic carbocycles. The summed E-state index contributed by atoms with van der Waals surface area (Å²) in [6.07, 6.45) is 0. The highest BCUT2D eigenvalue weighted by atomic mass is 79.9. The molecule has 0 unspecified atom stereocenters. The Bertz CT molecular complexity index is 643. The van der Waals surface area contributed by atoms with E-state index in [-0.39, 0.29) is 5.91 Å². The maximum Gasteiger partial charge on any atom is 0.256 e. The number of carbonyl (C=O) groups is 1. The van der Waals surface area contributed by atoms with Crippen LogP contribution >= 0.6 is 27.5 Å². The minimum atomic E-state index is -0.218. The topological polar surface area (TPSA) is 55.1 Å². The lowest BCUT2D eigenvalue weighted by Gasteiger charge is -2.10. The Balaban J connectivity index is 2.28. The third-order valence-corrected chi connectivity index (χ3v) is 3.99. The van der Waals surface area contributed by atoms with Gasteiger partial charge in [0.2, 0.25) is 0 Å². The summed E-state index contributed by atoms with van der Waals surface area (Å²) < 4.78 is 0.778. The fourth-order valence-corrected chi connectivity index (χ4v) is 2.28. The maximum atomic E-state index is 12.2. The van der Waals surface area contributed by atoms with E-state index in [0.717, 1.165) is 10.0 Å². The SMILES string of the molecule is Cc1cccc(C(=O)Nc2ccc(Cl)cc2N)c1Br. The number of benzene rings is 2. The summed E-state index contributed by atoms with van der Waals surface area (Å²) in [5.74, 6) is -0.218. The largest absolute Gasteiger partial charge is 0.397 e. The number of carbonyl (C=O) groups excluding carboxylic acids is 1. The van der Waals surface area contributed by atoms with Crippen LogP contribution in [0.3, 0.4) is 0 Å². The molecule has 0 fully saturated rings. The predicted molar refractivity (Wildman–Crippen MR) is 82.7 cm³/mol. The van der Waals surface area contributed by atoms with E-state index < -0.39 is 0 Å². The lowest BCUT2D eigenvalue weighted by molar-refractivity contribution is 0.102. The number of halogens is 2. The summed E-state index contributed by atoms with van der Waals surface area (Å²) in [7, 11) is 0. The molecule has 0 aromatic heterocycles. The minimum Gasteiger partial charge on any atom is -0.397 e. The first-order valence-electron chi connectivity index (χ1n) is 5.60. The Labute approximate surface area is 124 Å². The van der Waals surface area contributed by atoms with Crippen molar-refractivity contribution < 1.29 is 4.79 Å². The molecule has 19 heavy (non-hydrogen) atoms. The molecule has 0 atom stereocenters. The summed E-state index contributed by atoms with van der Waals surface area (Å²) >= 11 is 9.23. The van der Waals surface area contributed by atoms with E-state index in [1.54, 1.807) is 24.3 Å². The highest BCUT2D eigenvalue weighted by Crippen LogP contribution is 2.25. The Kier molecular flexibility index (Phi) is 4.12. The fraction of sp³-hybridized carbons (Fsp3) is 0.0714. The Morgan fingerprint density at radius 2 is 2.05 bits per heavy atom. The van der Waals surface area contributed by atoms with Crippen molar-refractivity contribution in [2.24, 2.45) is 0 Å². The zero-order valence-corrected chi connectivity index (χ0v) is 12.5. The molecule has 0 radical (unpaired) electrons. The van der Waals surface area contributed by atoms with Crippen molar-refractivity contribution >= 4 is 44.8 Å². The monoisotopic (exact) mass is 338 g/mol. The number of anilines is 2. The zero-order valence-electron chi connectivity index (χ0n) is 10.2. The molecule has 0 aliphatic rings. The van der Waals surface area contributed by atoms with Crippen LogP contribution in [0.15, 0.2) is 40.9 Å². The first-order chi connectivity index (χ1) is 8.99. The molecular formula is C14H12BrClN2O. The van der Waals surface area contributed by atoms with Gasteiger partial charge < -0.3 is 11.1 Å². The maximum absolute atomic E-state index is 12.2. The smallest absolute Gasteiger partial charge is 0.256 e. The van der Waals surface area contributed by atoms with E-state index in [0.29, 0.717) is 22.0 Å². The molecule has 0 bridgehead atoms. The molecular weight excluding hydrogens is 328 g/mol. The number of amides is 1. The van der Waals surface area contributed by atoms with Crippen molar-refractivity contribution in [1.29, 1.82) is 0 Å². The van der Waals surface area contributed by atoms with Crippen LogP contribution in [0, 0.1) is 6.92 Å². The van der Waals surface area contributed by atoms with Crippen molar-refractivity contribution in [2.45, 2.75) is 6.92 Å². The first-order valence-corrected chi connectivity index (χ1v) is 6.77. The number of hydrogen-bond acceptors (Lipinski definition) is 2. The molecule has 0 saturated heterocycles. The van der Waals surface area contributed by atoms with Crippen LogP contribution in [0.5, 0.6) is 0 Å². The van der Waals surface area contributed by atoms with Gasteiger partial charge in [0.15, 0.2) is 0 Å². The zero-order chi connectivity index (χ0) is 14.0. The van der Waals surface area contributed by atoms with Crippen molar-refractivity contribution in [3.05, 3.63) is 57.0 Å². The van der Waals surface area contributed by atoms with Crippen LogP contribution in [0.25, 0.3) is 0 Å². The van der Waals surface area contributed by atoms with Gasteiger partial charge in [-0.3, -0.25) is 4.79 Å². The van der Waals surface area contributed by atoms with E-state index in [1.165, 1.54) is 0 Å². The second kappa shape index (κ2) is 5.63. The van der Waals surface area contributed by atoms with Crippen LogP contribution in [0.2, 0.25) is 5.02 Å². The summed E-state index contributed by atoms with van der Waals surface area (Å²) in [6.45, 7) is 1.93. The van der Waals surface area contributed by atoms with Crippen molar-refractivity contribution in [3.63, 3.8) is 0 Å². The number of nitrogen functional groups attached to an aromatic ring is 1. The molecule has 3 N–H and O–H groups in total. The standard InChI is InChI=1S/C14H12BrClN2O/c1-8-3-2-4-10(13(8)15)14(19)18-12-6-5-9(16)7-11(12)17/h2-7H,17H2,1H3,(H,18,19). The summed E-state index contributed by atoms with van der Waals surface area (Å²) in [5, 5.41) is 3.30. The van der Waals surface area contributed by atoms with Crippen LogP contribution < -0.4 is 11.1 Å². The van der Waals surface area contributed by atoms with E-state index in [2.05, 4.69) is 21.2 Å². The van der Waals surface area contributed by atoms with Gasteiger partial charge in [-0.1, -0.05) is 23.7 Å². The van der Waals surface area contributed by atoms with E-state index >= 15 is 0 Å². The molecule has 0 saturated carbocycles. The van der Waals surface area contributed by atoms with Gasteiger partial charge in [0.25, 0.3) is 5.91 Å². The van der Waals surface area contributed by atoms with Gasteiger partial charge in [-0.25, -0.2) is 0 Å². The molecule has 2 rings (SSSR count). The highest BCUT2D eigenvalue weighted by molar-refractivity contribution is 9.10. The van der Waals surface area contributed by atoms with Crippen LogP contribution in [-0.2, 0) is 0 Å². The number of nitrogens with two attached hydrogens (primary N) is 1. The molecule has 1 amide bonds. The van der Waals surface area contributed by atoms with Crippen LogP contribution in [-0.4, -0.2) is 5.91 Å². The number of aryl methyl sites for hydroxylation is 1. The Morgan fingerprint density at radius 3 is 2.74 bits per heavy atom. The number of rotatable bonds is 2.